The van der Waals surface area contributed by atoms with E-state index in [1.54, 1.807) is 42.6 Å². The minimum Gasteiger partial charge on any atom is -0.497 e. The summed E-state index contributed by atoms with van der Waals surface area (Å²) < 4.78 is 33.7. The molecule has 0 saturated carbocycles. The number of carbonyl (C=O) groups is 2. The molecular formula is C26H26N4O5S. The van der Waals surface area contributed by atoms with E-state index >= 15 is 0 Å². The molecule has 4 N–H and O–H groups in total. The third-order valence-electron chi connectivity index (χ3n) is 5.70. The van der Waals surface area contributed by atoms with Crippen LogP contribution in [0.3, 0.4) is 0 Å². The van der Waals surface area contributed by atoms with E-state index in [0.29, 0.717) is 11.3 Å². The molecule has 4 rings (SSSR count). The number of hydrogen-bond donors (Lipinski definition) is 4. The number of H-pyrrole nitrogens is 1. The van der Waals surface area contributed by atoms with Crippen molar-refractivity contribution in [3.8, 4) is 5.75 Å². The van der Waals surface area contributed by atoms with Gasteiger partial charge in [-0.1, -0.05) is 35.9 Å². The SMILES string of the molecule is COc1ccc(C(=O)NNC(=O)C(Cc2c[nH]c3ccccc23)NS(=O)(=O)c2ccc(C)cc2)cc1. The van der Waals surface area contributed by atoms with Gasteiger partial charge in [-0.05, 0) is 61.4 Å². The fourth-order valence-electron chi connectivity index (χ4n) is 3.70. The van der Waals surface area contributed by atoms with E-state index in [-0.39, 0.29) is 11.3 Å². The summed E-state index contributed by atoms with van der Waals surface area (Å²) in [6.45, 7) is 1.85. The number of sulfonamides is 1. The molecule has 1 atom stereocenters. The Morgan fingerprint density at radius 1 is 0.944 bits per heavy atom. The van der Waals surface area contributed by atoms with Crippen LogP contribution in [0.15, 0.2) is 83.9 Å². The Morgan fingerprint density at radius 2 is 1.64 bits per heavy atom. The second-order valence-electron chi connectivity index (χ2n) is 8.22. The Kier molecular flexibility index (Phi) is 7.37. The number of carbonyl (C=O) groups excluding carboxylic acids is 2. The maximum Gasteiger partial charge on any atom is 0.269 e. The number of benzene rings is 3. The summed E-state index contributed by atoms with van der Waals surface area (Å²) in [6, 6.07) is 18.9. The molecule has 1 unspecified atom stereocenters. The van der Waals surface area contributed by atoms with Crippen LogP contribution in [0.2, 0.25) is 0 Å². The maximum atomic E-state index is 13.1. The van der Waals surface area contributed by atoms with Crippen LogP contribution in [-0.4, -0.2) is 38.4 Å². The van der Waals surface area contributed by atoms with Crippen LogP contribution in [0.5, 0.6) is 5.75 Å². The first-order chi connectivity index (χ1) is 17.3. The largest absolute Gasteiger partial charge is 0.497 e. The Labute approximate surface area is 208 Å². The maximum absolute atomic E-state index is 13.1. The van der Waals surface area contributed by atoms with Crippen LogP contribution in [-0.2, 0) is 21.2 Å². The van der Waals surface area contributed by atoms with Gasteiger partial charge >= 0.3 is 0 Å². The number of fused-ring (bicyclic) bond motifs is 1. The van der Waals surface area contributed by atoms with Gasteiger partial charge in [0.15, 0.2) is 0 Å². The highest BCUT2D eigenvalue weighted by atomic mass is 32.2. The number of methoxy groups -OCH3 is 1. The smallest absolute Gasteiger partial charge is 0.269 e. The molecule has 0 radical (unpaired) electrons. The van der Waals surface area contributed by atoms with Gasteiger partial charge in [-0.3, -0.25) is 20.4 Å². The number of rotatable bonds is 8. The van der Waals surface area contributed by atoms with Crippen molar-refractivity contribution in [3.63, 3.8) is 0 Å². The quantitative estimate of drug-likeness (QED) is 0.273. The van der Waals surface area contributed by atoms with Gasteiger partial charge in [0, 0.05) is 22.7 Å². The number of nitrogens with one attached hydrogen (secondary N) is 4. The predicted octanol–water partition coefficient (Wildman–Crippen LogP) is 2.84. The van der Waals surface area contributed by atoms with Crippen molar-refractivity contribution in [2.45, 2.75) is 24.3 Å². The second-order valence-corrected chi connectivity index (χ2v) is 9.94. The van der Waals surface area contributed by atoms with Crippen molar-refractivity contribution in [2.24, 2.45) is 0 Å². The highest BCUT2D eigenvalue weighted by molar-refractivity contribution is 7.89. The highest BCUT2D eigenvalue weighted by Crippen LogP contribution is 2.20. The van der Waals surface area contributed by atoms with Crippen LogP contribution in [0.25, 0.3) is 10.9 Å². The van der Waals surface area contributed by atoms with Crippen molar-refractivity contribution in [3.05, 3.63) is 95.7 Å². The Bertz CT molecular complexity index is 1480. The lowest BCUT2D eigenvalue weighted by Crippen LogP contribution is -2.53. The Balaban J connectivity index is 1.54. The lowest BCUT2D eigenvalue weighted by Gasteiger charge is -2.19. The number of aromatic amines is 1. The molecule has 36 heavy (non-hydrogen) atoms. The first-order valence-corrected chi connectivity index (χ1v) is 12.6. The van der Waals surface area contributed by atoms with E-state index in [1.807, 2.05) is 31.2 Å². The standard InChI is InChI=1S/C26H26N4O5S/c1-17-7-13-21(14-8-17)36(33,34)30-24(15-19-16-27-23-6-4-3-5-22(19)23)26(32)29-28-25(31)18-9-11-20(35-2)12-10-18/h3-14,16,24,27,30H,15H2,1-2H3,(H,28,31)(H,29,32). The van der Waals surface area contributed by atoms with Gasteiger partial charge in [-0.15, -0.1) is 0 Å². The van der Waals surface area contributed by atoms with E-state index in [1.165, 1.54) is 19.2 Å². The molecule has 0 aliphatic heterocycles. The third-order valence-corrected chi connectivity index (χ3v) is 7.18. The number of amides is 2. The van der Waals surface area contributed by atoms with E-state index in [9.17, 15) is 18.0 Å². The summed E-state index contributed by atoms with van der Waals surface area (Å²) in [7, 11) is -2.51. The molecule has 186 valence electrons. The minimum absolute atomic E-state index is 0.0343. The topological polar surface area (TPSA) is 129 Å². The van der Waals surface area contributed by atoms with Crippen molar-refractivity contribution >= 4 is 32.7 Å². The first kappa shape index (κ1) is 25.0. The zero-order valence-corrected chi connectivity index (χ0v) is 20.6. The zero-order valence-electron chi connectivity index (χ0n) is 19.7. The molecule has 0 fully saturated rings. The summed E-state index contributed by atoms with van der Waals surface area (Å²) in [5.41, 5.74) is 7.50. The number of aromatic nitrogens is 1. The van der Waals surface area contributed by atoms with Gasteiger partial charge in [0.05, 0.1) is 12.0 Å². The number of hydrogen-bond acceptors (Lipinski definition) is 5. The first-order valence-electron chi connectivity index (χ1n) is 11.1. The normalized spacial score (nSPS) is 12.2. The fourth-order valence-corrected chi connectivity index (χ4v) is 4.90. The summed E-state index contributed by atoms with van der Waals surface area (Å²) in [5.74, 6) is -0.684. The summed E-state index contributed by atoms with van der Waals surface area (Å²) >= 11 is 0. The average molecular weight is 507 g/mol. The molecule has 1 heterocycles. The fraction of sp³-hybridized carbons (Fsp3) is 0.154. The Hall–Kier alpha value is -4.15. The monoisotopic (exact) mass is 506 g/mol. The van der Waals surface area contributed by atoms with Crippen molar-refractivity contribution in [1.29, 1.82) is 0 Å². The minimum atomic E-state index is -4.02. The van der Waals surface area contributed by atoms with Gasteiger partial charge < -0.3 is 9.72 Å². The molecule has 10 heteroatoms. The Morgan fingerprint density at radius 3 is 2.33 bits per heavy atom. The van der Waals surface area contributed by atoms with Crippen molar-refractivity contribution < 1.29 is 22.7 Å². The molecule has 1 aromatic heterocycles. The molecule has 3 aromatic carbocycles. The van der Waals surface area contributed by atoms with Gasteiger partial charge in [-0.2, -0.15) is 4.72 Å². The van der Waals surface area contributed by atoms with Crippen LogP contribution in [0.1, 0.15) is 21.5 Å². The van der Waals surface area contributed by atoms with Gasteiger partial charge in [0.2, 0.25) is 10.0 Å². The molecule has 0 spiro atoms. The highest BCUT2D eigenvalue weighted by Gasteiger charge is 2.27. The van der Waals surface area contributed by atoms with E-state index in [4.69, 9.17) is 4.74 Å². The van der Waals surface area contributed by atoms with Gasteiger partial charge in [-0.25, -0.2) is 8.42 Å². The number of hydrazine groups is 1. The van der Waals surface area contributed by atoms with Gasteiger partial charge in [0.25, 0.3) is 11.8 Å². The van der Waals surface area contributed by atoms with Crippen molar-refractivity contribution in [1.82, 2.24) is 20.6 Å². The molecular weight excluding hydrogens is 480 g/mol. The van der Waals surface area contributed by atoms with Crippen LogP contribution in [0.4, 0.5) is 0 Å². The van der Waals surface area contributed by atoms with Crippen LogP contribution >= 0.6 is 0 Å². The molecule has 0 saturated heterocycles. The summed E-state index contributed by atoms with van der Waals surface area (Å²) in [4.78, 5) is 28.8. The van der Waals surface area contributed by atoms with Crippen LogP contribution < -0.4 is 20.3 Å². The zero-order chi connectivity index (χ0) is 25.7. The number of aryl methyl sites for hydroxylation is 1. The van der Waals surface area contributed by atoms with Crippen LogP contribution in [0, 0.1) is 6.92 Å². The molecule has 2 amide bonds. The van der Waals surface area contributed by atoms with E-state index in [0.717, 1.165) is 22.0 Å². The van der Waals surface area contributed by atoms with Crippen molar-refractivity contribution in [2.75, 3.05) is 7.11 Å². The summed E-state index contributed by atoms with van der Waals surface area (Å²) in [5, 5.41) is 0.868. The van der Waals surface area contributed by atoms with E-state index < -0.39 is 27.9 Å². The third kappa shape index (κ3) is 5.73. The number of para-hydroxylation sites is 1. The average Bonchev–Trinajstić information content (AvgIpc) is 3.29. The molecule has 0 aliphatic carbocycles. The van der Waals surface area contributed by atoms with E-state index in [2.05, 4.69) is 20.6 Å². The molecule has 9 nitrogen and oxygen atoms in total. The lowest BCUT2D eigenvalue weighted by molar-refractivity contribution is -0.123. The molecule has 0 bridgehead atoms. The molecule has 4 aromatic rings. The lowest BCUT2D eigenvalue weighted by atomic mass is 10.1. The number of ether oxygens (including phenoxy) is 1. The second kappa shape index (κ2) is 10.6. The van der Waals surface area contributed by atoms with Gasteiger partial charge in [0.1, 0.15) is 11.8 Å². The summed E-state index contributed by atoms with van der Waals surface area (Å²) in [6.07, 6.45) is 1.79. The molecule has 0 aliphatic rings. The predicted molar refractivity (Wildman–Crippen MR) is 136 cm³/mol.